The van der Waals surface area contributed by atoms with Crippen molar-refractivity contribution in [2.45, 2.75) is 6.42 Å². The van der Waals surface area contributed by atoms with Crippen LogP contribution in [-0.2, 0) is 4.74 Å². The van der Waals surface area contributed by atoms with Gasteiger partial charge in [-0.05, 0) is 18.6 Å². The molecular weight excluding hydrogens is 260 g/mol. The molecule has 20 heavy (non-hydrogen) atoms. The molecule has 0 atom stereocenters. The minimum Gasteiger partial charge on any atom is -0.478 e. The van der Waals surface area contributed by atoms with Gasteiger partial charge in [0.1, 0.15) is 0 Å². The van der Waals surface area contributed by atoms with E-state index in [1.54, 1.807) is 39.4 Å². The highest BCUT2D eigenvalue weighted by atomic mass is 16.5. The number of rotatable bonds is 6. The molecule has 0 aliphatic rings. The maximum Gasteiger partial charge on any atom is 0.337 e. The fraction of sp³-hybridized carbons (Fsp3) is 0.429. The average molecular weight is 280 g/mol. The van der Waals surface area contributed by atoms with Crippen LogP contribution in [0.2, 0.25) is 0 Å². The number of carbonyl (C=O) groups is 2. The lowest BCUT2D eigenvalue weighted by Gasteiger charge is -2.25. The first-order valence-corrected chi connectivity index (χ1v) is 6.29. The monoisotopic (exact) mass is 280 g/mol. The van der Waals surface area contributed by atoms with Crippen molar-refractivity contribution in [3.05, 3.63) is 29.8 Å². The zero-order chi connectivity index (χ0) is 15.1. The Hall–Kier alpha value is -2.08. The van der Waals surface area contributed by atoms with Gasteiger partial charge in [-0.15, -0.1) is 0 Å². The van der Waals surface area contributed by atoms with E-state index >= 15 is 0 Å². The van der Waals surface area contributed by atoms with E-state index in [9.17, 15) is 9.59 Å². The Morgan fingerprint density at radius 3 is 2.50 bits per heavy atom. The third-order valence-electron chi connectivity index (χ3n) is 2.95. The van der Waals surface area contributed by atoms with Gasteiger partial charge in [-0.1, -0.05) is 12.1 Å². The smallest absolute Gasteiger partial charge is 0.337 e. The third kappa shape index (κ3) is 3.96. The van der Waals surface area contributed by atoms with Crippen molar-refractivity contribution in [2.75, 3.05) is 39.3 Å². The van der Waals surface area contributed by atoms with Gasteiger partial charge in [0, 0.05) is 34.4 Å². The Balaban J connectivity index is 2.81. The second-order valence-electron chi connectivity index (χ2n) is 4.43. The first-order valence-electron chi connectivity index (χ1n) is 6.29. The number of carboxylic acids is 1. The number of anilines is 1. The number of hydrogen-bond acceptors (Lipinski definition) is 3. The fourth-order valence-corrected chi connectivity index (χ4v) is 1.85. The van der Waals surface area contributed by atoms with E-state index in [0.29, 0.717) is 18.8 Å². The molecule has 6 heteroatoms. The summed E-state index contributed by atoms with van der Waals surface area (Å²) in [7, 11) is 4.85. The molecule has 0 unspecified atom stereocenters. The van der Waals surface area contributed by atoms with Crippen molar-refractivity contribution < 1.29 is 19.4 Å². The molecule has 6 nitrogen and oxygen atoms in total. The summed E-state index contributed by atoms with van der Waals surface area (Å²) in [6, 6.07) is 6.18. The van der Waals surface area contributed by atoms with E-state index in [2.05, 4.69) is 0 Å². The van der Waals surface area contributed by atoms with Crippen molar-refractivity contribution in [3.63, 3.8) is 0 Å². The molecule has 0 saturated carbocycles. The van der Waals surface area contributed by atoms with Gasteiger partial charge in [-0.3, -0.25) is 4.90 Å². The van der Waals surface area contributed by atoms with Crippen LogP contribution in [0.3, 0.4) is 0 Å². The normalized spacial score (nSPS) is 10.2. The standard InChI is InChI=1S/C14H20N2O4/c1-15(9-6-10-20-3)14(19)16(2)12-8-5-4-7-11(12)13(17)18/h4-5,7-8H,6,9-10H2,1-3H3,(H,17,18). The first-order chi connectivity index (χ1) is 9.49. The number of nitrogens with zero attached hydrogens (tertiary/aromatic N) is 2. The Morgan fingerprint density at radius 2 is 1.90 bits per heavy atom. The number of hydrogen-bond donors (Lipinski definition) is 1. The topological polar surface area (TPSA) is 70.1 Å². The zero-order valence-electron chi connectivity index (χ0n) is 12.0. The number of urea groups is 1. The van der Waals surface area contributed by atoms with E-state index in [1.165, 1.54) is 15.9 Å². The van der Waals surface area contributed by atoms with Crippen LogP contribution < -0.4 is 4.90 Å². The van der Waals surface area contributed by atoms with E-state index in [1.807, 2.05) is 0 Å². The minimum atomic E-state index is -1.05. The SMILES string of the molecule is COCCCN(C)C(=O)N(C)c1ccccc1C(=O)O. The summed E-state index contributed by atoms with van der Waals surface area (Å²) in [6.45, 7) is 1.12. The number of aromatic carboxylic acids is 1. The van der Waals surface area contributed by atoms with E-state index < -0.39 is 5.97 Å². The molecule has 1 aromatic rings. The number of para-hydroxylation sites is 1. The van der Waals surface area contributed by atoms with Crippen LogP contribution in [0.25, 0.3) is 0 Å². The van der Waals surface area contributed by atoms with Crippen molar-refractivity contribution in [1.82, 2.24) is 4.90 Å². The quantitative estimate of drug-likeness (QED) is 0.808. The van der Waals surface area contributed by atoms with Crippen molar-refractivity contribution >= 4 is 17.7 Å². The van der Waals surface area contributed by atoms with Crippen LogP contribution in [0, 0.1) is 0 Å². The summed E-state index contributed by atoms with van der Waals surface area (Å²) in [5, 5.41) is 9.14. The second kappa shape index (κ2) is 7.49. The lowest BCUT2D eigenvalue weighted by molar-refractivity contribution is 0.0697. The Morgan fingerprint density at radius 1 is 1.25 bits per heavy atom. The molecular formula is C14H20N2O4. The van der Waals surface area contributed by atoms with Gasteiger partial charge >= 0.3 is 12.0 Å². The van der Waals surface area contributed by atoms with Crippen molar-refractivity contribution in [3.8, 4) is 0 Å². The second-order valence-corrected chi connectivity index (χ2v) is 4.43. The van der Waals surface area contributed by atoms with Gasteiger partial charge in [-0.25, -0.2) is 9.59 Å². The molecule has 110 valence electrons. The van der Waals surface area contributed by atoms with Crippen LogP contribution in [0.4, 0.5) is 10.5 Å². The first kappa shape index (κ1) is 16.0. The summed E-state index contributed by atoms with van der Waals surface area (Å²) in [5.41, 5.74) is 0.484. The average Bonchev–Trinajstić information content (AvgIpc) is 2.45. The van der Waals surface area contributed by atoms with Gasteiger partial charge in [0.15, 0.2) is 0 Å². The predicted octanol–water partition coefficient (Wildman–Crippen LogP) is 1.91. The number of carboxylic acid groups (broad SMARTS) is 1. The summed E-state index contributed by atoms with van der Waals surface area (Å²) >= 11 is 0. The molecule has 0 bridgehead atoms. The van der Waals surface area contributed by atoms with Gasteiger partial charge < -0.3 is 14.7 Å². The molecule has 2 amide bonds. The lowest BCUT2D eigenvalue weighted by atomic mass is 10.1. The summed E-state index contributed by atoms with van der Waals surface area (Å²) in [6.07, 6.45) is 0.729. The zero-order valence-corrected chi connectivity index (χ0v) is 12.0. The van der Waals surface area contributed by atoms with E-state index in [-0.39, 0.29) is 11.6 Å². The number of methoxy groups -OCH3 is 1. The van der Waals surface area contributed by atoms with Gasteiger partial charge in [0.25, 0.3) is 0 Å². The van der Waals surface area contributed by atoms with Gasteiger partial charge in [0.2, 0.25) is 0 Å². The highest BCUT2D eigenvalue weighted by molar-refractivity contribution is 6.00. The third-order valence-corrected chi connectivity index (χ3v) is 2.95. The number of ether oxygens (including phenoxy) is 1. The molecule has 0 saturated heterocycles. The van der Waals surface area contributed by atoms with Crippen molar-refractivity contribution in [1.29, 1.82) is 0 Å². The van der Waals surface area contributed by atoms with Crippen LogP contribution in [0.15, 0.2) is 24.3 Å². The summed E-state index contributed by atoms with van der Waals surface area (Å²) in [4.78, 5) is 26.3. The maximum absolute atomic E-state index is 12.2. The van der Waals surface area contributed by atoms with E-state index in [4.69, 9.17) is 9.84 Å². The molecule has 0 spiro atoms. The van der Waals surface area contributed by atoms with Crippen molar-refractivity contribution in [2.24, 2.45) is 0 Å². The molecule has 1 aromatic carbocycles. The van der Waals surface area contributed by atoms with Crippen LogP contribution >= 0.6 is 0 Å². The summed E-state index contributed by atoms with van der Waals surface area (Å²) in [5.74, 6) is -1.05. The molecule has 1 N–H and O–H groups in total. The number of amides is 2. The predicted molar refractivity (Wildman–Crippen MR) is 76.3 cm³/mol. The molecule has 0 fully saturated rings. The van der Waals surface area contributed by atoms with Crippen LogP contribution in [-0.4, -0.2) is 56.4 Å². The molecule has 1 rings (SSSR count). The number of carbonyl (C=O) groups excluding carboxylic acids is 1. The summed E-state index contributed by atoms with van der Waals surface area (Å²) < 4.78 is 4.94. The largest absolute Gasteiger partial charge is 0.478 e. The molecule has 0 aliphatic carbocycles. The molecule has 0 aliphatic heterocycles. The molecule has 0 aromatic heterocycles. The van der Waals surface area contributed by atoms with Crippen LogP contribution in [0.5, 0.6) is 0 Å². The van der Waals surface area contributed by atoms with E-state index in [0.717, 1.165) is 6.42 Å². The Kier molecular flexibility index (Phi) is 5.99. The highest BCUT2D eigenvalue weighted by Gasteiger charge is 2.20. The molecule has 0 heterocycles. The van der Waals surface area contributed by atoms with Crippen LogP contribution in [0.1, 0.15) is 16.8 Å². The number of benzene rings is 1. The fourth-order valence-electron chi connectivity index (χ4n) is 1.85. The van der Waals surface area contributed by atoms with Gasteiger partial charge in [-0.2, -0.15) is 0 Å². The Bertz CT molecular complexity index is 476. The highest BCUT2D eigenvalue weighted by Crippen LogP contribution is 2.20. The Labute approximate surface area is 118 Å². The lowest BCUT2D eigenvalue weighted by Crippen LogP contribution is -2.40. The minimum absolute atomic E-state index is 0.105. The van der Waals surface area contributed by atoms with Gasteiger partial charge in [0.05, 0.1) is 11.3 Å². The molecule has 0 radical (unpaired) electrons. The maximum atomic E-state index is 12.2.